The van der Waals surface area contributed by atoms with Gasteiger partial charge in [-0.05, 0) is 79.8 Å². The largest absolute Gasteiger partial charge is 0.352 e. The summed E-state index contributed by atoms with van der Waals surface area (Å²) < 4.78 is 29.6. The van der Waals surface area contributed by atoms with Crippen LogP contribution in [0.15, 0.2) is 102 Å². The maximum absolute atomic E-state index is 14.7. The maximum atomic E-state index is 14.7. The van der Waals surface area contributed by atoms with Crippen molar-refractivity contribution >= 4 is 50.7 Å². The molecule has 1 atom stereocenters. The Morgan fingerprint density at radius 3 is 2.21 bits per heavy atom. The Kier molecular flexibility index (Phi) is 11.8. The zero-order valence-electron chi connectivity index (χ0n) is 27.2. The normalized spacial score (nSPS) is 14.2. The summed E-state index contributed by atoms with van der Waals surface area (Å²) in [5.41, 5.74) is 3.54. The van der Waals surface area contributed by atoms with Crippen molar-refractivity contribution in [1.29, 1.82) is 0 Å². The Morgan fingerprint density at radius 2 is 1.54 bits per heavy atom. The molecule has 1 fully saturated rings. The van der Waals surface area contributed by atoms with E-state index in [1.165, 1.54) is 4.90 Å². The Balaban J connectivity index is 1.58. The van der Waals surface area contributed by atoms with Gasteiger partial charge in [-0.2, -0.15) is 0 Å². The first-order valence-corrected chi connectivity index (χ1v) is 18.4. The Labute approximate surface area is 293 Å². The smallest absolute Gasteiger partial charge is 0.264 e. The van der Waals surface area contributed by atoms with Crippen LogP contribution in [-0.2, 0) is 32.6 Å². The fourth-order valence-electron chi connectivity index (χ4n) is 6.08. The molecule has 0 radical (unpaired) electrons. The lowest BCUT2D eigenvalue weighted by Gasteiger charge is -2.35. The van der Waals surface area contributed by atoms with Gasteiger partial charge in [0.15, 0.2) is 0 Å². The van der Waals surface area contributed by atoms with Crippen LogP contribution in [0, 0.1) is 13.8 Å². The molecule has 0 unspecified atom stereocenters. The van der Waals surface area contributed by atoms with E-state index in [2.05, 4.69) is 5.32 Å². The third-order valence-corrected chi connectivity index (χ3v) is 11.1. The van der Waals surface area contributed by atoms with Gasteiger partial charge in [0, 0.05) is 29.1 Å². The highest BCUT2D eigenvalue weighted by Gasteiger charge is 2.35. The number of nitrogens with one attached hydrogen (secondary N) is 1. The van der Waals surface area contributed by atoms with Gasteiger partial charge < -0.3 is 10.2 Å². The summed E-state index contributed by atoms with van der Waals surface area (Å²) in [6, 6.07) is 27.1. The molecule has 4 aromatic rings. The molecule has 0 bridgehead atoms. The SMILES string of the molecule is Cc1ccc(S(=O)(=O)N(CC(=O)N(Cc2ccc(Cl)cc2Cl)[C@H](Cc2ccccc2)C(=O)NC2CCCCC2)c2cccc(C)c2)cc1. The fraction of sp³-hybridized carbons (Fsp3) is 0.316. The molecular weight excluding hydrogens is 665 g/mol. The summed E-state index contributed by atoms with van der Waals surface area (Å²) in [7, 11) is -4.19. The van der Waals surface area contributed by atoms with E-state index in [9.17, 15) is 18.0 Å². The van der Waals surface area contributed by atoms with Crippen LogP contribution in [0.25, 0.3) is 0 Å². The topological polar surface area (TPSA) is 86.8 Å². The number of sulfonamides is 1. The number of amides is 2. The van der Waals surface area contributed by atoms with E-state index < -0.39 is 28.5 Å². The molecular formula is C38H41Cl2N3O4S. The van der Waals surface area contributed by atoms with Crippen molar-refractivity contribution in [2.75, 3.05) is 10.8 Å². The van der Waals surface area contributed by atoms with Crippen LogP contribution < -0.4 is 9.62 Å². The number of anilines is 1. The monoisotopic (exact) mass is 705 g/mol. The minimum absolute atomic E-state index is 0.00584. The fourth-order valence-corrected chi connectivity index (χ4v) is 7.96. The number of carbonyl (C=O) groups is 2. The van der Waals surface area contributed by atoms with Gasteiger partial charge in [0.1, 0.15) is 12.6 Å². The third kappa shape index (κ3) is 8.98. The molecule has 1 aliphatic carbocycles. The molecule has 0 aliphatic heterocycles. The second-order valence-electron chi connectivity index (χ2n) is 12.5. The third-order valence-electron chi connectivity index (χ3n) is 8.76. The maximum Gasteiger partial charge on any atom is 0.264 e. The molecule has 2 amide bonds. The summed E-state index contributed by atoms with van der Waals surface area (Å²) in [5.74, 6) is -0.828. The Morgan fingerprint density at radius 1 is 0.833 bits per heavy atom. The van der Waals surface area contributed by atoms with Crippen LogP contribution in [0.3, 0.4) is 0 Å². The van der Waals surface area contributed by atoms with Crippen LogP contribution in [0.2, 0.25) is 10.0 Å². The first kappa shape index (κ1) is 35.5. The quantitative estimate of drug-likeness (QED) is 0.162. The number of aryl methyl sites for hydroxylation is 2. The summed E-state index contributed by atoms with van der Waals surface area (Å²) in [5, 5.41) is 4.00. The number of hydrogen-bond donors (Lipinski definition) is 1. The Bertz CT molecular complexity index is 1830. The standard InChI is InChI=1S/C38H41Cl2N3O4S/c1-27-16-20-34(21-17-27)48(46,47)43(33-15-9-10-28(2)22-33)26-37(44)42(25-30-18-19-31(39)24-35(30)40)36(23-29-11-5-3-6-12-29)38(45)41-32-13-7-4-8-14-32/h3,5-6,9-12,15-22,24,32,36H,4,7-8,13-14,23,25-26H2,1-2H3,(H,41,45)/t36-/m1/s1. The van der Waals surface area contributed by atoms with Crippen molar-refractivity contribution in [1.82, 2.24) is 10.2 Å². The van der Waals surface area contributed by atoms with E-state index in [-0.39, 0.29) is 29.8 Å². The van der Waals surface area contributed by atoms with Gasteiger partial charge in [-0.3, -0.25) is 13.9 Å². The van der Waals surface area contributed by atoms with E-state index in [1.807, 2.05) is 50.2 Å². The van der Waals surface area contributed by atoms with E-state index in [0.717, 1.165) is 53.1 Å². The van der Waals surface area contributed by atoms with Crippen LogP contribution in [-0.4, -0.2) is 43.8 Å². The zero-order valence-corrected chi connectivity index (χ0v) is 29.6. The molecule has 48 heavy (non-hydrogen) atoms. The van der Waals surface area contributed by atoms with Gasteiger partial charge in [0.25, 0.3) is 10.0 Å². The number of benzene rings is 4. The van der Waals surface area contributed by atoms with Crippen LogP contribution >= 0.6 is 23.2 Å². The summed E-state index contributed by atoms with van der Waals surface area (Å²) in [6.07, 6.45) is 5.15. The number of halogens is 2. The molecule has 5 rings (SSSR count). The molecule has 0 heterocycles. The van der Waals surface area contributed by atoms with Gasteiger partial charge in [-0.15, -0.1) is 0 Å². The molecule has 252 valence electrons. The summed E-state index contributed by atoms with van der Waals surface area (Å²) in [6.45, 7) is 3.18. The molecule has 1 saturated carbocycles. The number of nitrogens with zero attached hydrogens (tertiary/aromatic N) is 2. The van der Waals surface area contributed by atoms with Crippen molar-refractivity contribution in [3.05, 3.63) is 129 Å². The van der Waals surface area contributed by atoms with Crippen LogP contribution in [0.4, 0.5) is 5.69 Å². The molecule has 7 nitrogen and oxygen atoms in total. The predicted molar refractivity (Wildman–Crippen MR) is 193 cm³/mol. The summed E-state index contributed by atoms with van der Waals surface area (Å²) in [4.78, 5) is 30.5. The lowest BCUT2D eigenvalue weighted by atomic mass is 9.94. The van der Waals surface area contributed by atoms with Gasteiger partial charge in [0.05, 0.1) is 10.6 Å². The second kappa shape index (κ2) is 16.0. The average Bonchev–Trinajstić information content (AvgIpc) is 3.07. The van der Waals surface area contributed by atoms with Gasteiger partial charge in [-0.1, -0.05) is 109 Å². The van der Waals surface area contributed by atoms with Crippen molar-refractivity contribution in [3.8, 4) is 0 Å². The van der Waals surface area contributed by atoms with Gasteiger partial charge in [-0.25, -0.2) is 8.42 Å². The Hall–Kier alpha value is -3.85. The summed E-state index contributed by atoms with van der Waals surface area (Å²) >= 11 is 12.8. The van der Waals surface area contributed by atoms with E-state index in [0.29, 0.717) is 21.3 Å². The van der Waals surface area contributed by atoms with Crippen molar-refractivity contribution in [2.45, 2.75) is 75.9 Å². The van der Waals surface area contributed by atoms with E-state index >= 15 is 0 Å². The number of hydrogen-bond acceptors (Lipinski definition) is 4. The zero-order chi connectivity index (χ0) is 34.3. The first-order valence-electron chi connectivity index (χ1n) is 16.2. The van der Waals surface area contributed by atoms with Crippen LogP contribution in [0.5, 0.6) is 0 Å². The van der Waals surface area contributed by atoms with E-state index in [1.54, 1.807) is 60.7 Å². The minimum atomic E-state index is -4.19. The van der Waals surface area contributed by atoms with Gasteiger partial charge >= 0.3 is 0 Å². The highest BCUT2D eigenvalue weighted by Crippen LogP contribution is 2.28. The molecule has 0 spiro atoms. The highest BCUT2D eigenvalue weighted by atomic mass is 35.5. The van der Waals surface area contributed by atoms with Crippen molar-refractivity contribution in [2.24, 2.45) is 0 Å². The molecule has 1 N–H and O–H groups in total. The average molecular weight is 707 g/mol. The number of rotatable bonds is 12. The van der Waals surface area contributed by atoms with Gasteiger partial charge in [0.2, 0.25) is 11.8 Å². The first-order chi connectivity index (χ1) is 23.0. The number of carbonyl (C=O) groups excluding carboxylic acids is 2. The second-order valence-corrected chi connectivity index (χ2v) is 15.2. The predicted octanol–water partition coefficient (Wildman–Crippen LogP) is 7.89. The molecule has 4 aromatic carbocycles. The van der Waals surface area contributed by atoms with Crippen LogP contribution in [0.1, 0.15) is 54.4 Å². The van der Waals surface area contributed by atoms with Crippen molar-refractivity contribution in [3.63, 3.8) is 0 Å². The molecule has 1 aliphatic rings. The molecule has 0 saturated heterocycles. The highest BCUT2D eigenvalue weighted by molar-refractivity contribution is 7.92. The van der Waals surface area contributed by atoms with E-state index in [4.69, 9.17) is 23.2 Å². The molecule has 10 heteroatoms. The van der Waals surface area contributed by atoms with Crippen molar-refractivity contribution < 1.29 is 18.0 Å². The lowest BCUT2D eigenvalue weighted by molar-refractivity contribution is -0.140. The minimum Gasteiger partial charge on any atom is -0.352 e. The molecule has 0 aromatic heterocycles. The lowest BCUT2D eigenvalue weighted by Crippen LogP contribution is -2.55.